The van der Waals surface area contributed by atoms with Gasteiger partial charge in [0.15, 0.2) is 11.5 Å². The van der Waals surface area contributed by atoms with Gasteiger partial charge in [-0.1, -0.05) is 0 Å². The van der Waals surface area contributed by atoms with Crippen molar-refractivity contribution in [2.75, 3.05) is 51.4 Å². The Balaban J connectivity index is 0.00000261. The molecular formula is C18H26ClN3O5. The molecule has 27 heavy (non-hydrogen) atoms. The van der Waals surface area contributed by atoms with Crippen LogP contribution in [0.3, 0.4) is 0 Å². The standard InChI is InChI=1S/C18H25N3O5.ClH/c1-2-21(18(23)10-14-12-24-6-5-19-14)11-17(22)20-13-3-4-15-16(9-13)26-8-7-25-15;/h3-4,9,14,19H,2,5-8,10-12H2,1H3,(H,20,22);1H. The molecule has 1 atom stereocenters. The third kappa shape index (κ3) is 5.98. The molecule has 3 rings (SSSR count). The SMILES string of the molecule is CCN(CC(=O)Nc1ccc2c(c1)OCCO2)C(=O)CC1COCCN1.Cl. The molecule has 0 radical (unpaired) electrons. The van der Waals surface area contributed by atoms with E-state index in [9.17, 15) is 9.59 Å². The van der Waals surface area contributed by atoms with Crippen molar-refractivity contribution in [3.05, 3.63) is 18.2 Å². The maximum Gasteiger partial charge on any atom is 0.243 e. The molecule has 8 nitrogen and oxygen atoms in total. The third-order valence-corrected chi connectivity index (χ3v) is 4.31. The molecule has 2 aliphatic rings. The minimum Gasteiger partial charge on any atom is -0.486 e. The van der Waals surface area contributed by atoms with Gasteiger partial charge in [0.25, 0.3) is 0 Å². The lowest BCUT2D eigenvalue weighted by molar-refractivity contribution is -0.135. The zero-order valence-electron chi connectivity index (χ0n) is 15.4. The van der Waals surface area contributed by atoms with Crippen LogP contribution >= 0.6 is 12.4 Å². The minimum atomic E-state index is -0.246. The molecule has 2 heterocycles. The van der Waals surface area contributed by atoms with E-state index >= 15 is 0 Å². The number of hydrogen-bond acceptors (Lipinski definition) is 6. The zero-order chi connectivity index (χ0) is 18.4. The number of fused-ring (bicyclic) bond motifs is 1. The molecule has 0 aromatic heterocycles. The lowest BCUT2D eigenvalue weighted by Gasteiger charge is -2.27. The molecule has 1 aromatic carbocycles. The molecule has 1 fully saturated rings. The highest BCUT2D eigenvalue weighted by Gasteiger charge is 2.22. The fourth-order valence-corrected chi connectivity index (χ4v) is 2.96. The number of benzene rings is 1. The number of hydrogen-bond donors (Lipinski definition) is 2. The van der Waals surface area contributed by atoms with Crippen LogP contribution in [-0.2, 0) is 14.3 Å². The minimum absolute atomic E-state index is 0. The van der Waals surface area contributed by atoms with Gasteiger partial charge in [-0.2, -0.15) is 0 Å². The zero-order valence-corrected chi connectivity index (χ0v) is 16.2. The van der Waals surface area contributed by atoms with Gasteiger partial charge in [-0.15, -0.1) is 12.4 Å². The van der Waals surface area contributed by atoms with E-state index in [-0.39, 0.29) is 36.8 Å². The van der Waals surface area contributed by atoms with E-state index in [4.69, 9.17) is 14.2 Å². The molecule has 0 spiro atoms. The van der Waals surface area contributed by atoms with Gasteiger partial charge in [0.1, 0.15) is 13.2 Å². The quantitative estimate of drug-likeness (QED) is 0.743. The van der Waals surface area contributed by atoms with Crippen LogP contribution in [0.4, 0.5) is 5.69 Å². The van der Waals surface area contributed by atoms with E-state index in [0.29, 0.717) is 56.6 Å². The number of carbonyl (C=O) groups excluding carboxylic acids is 2. The number of rotatable bonds is 6. The van der Waals surface area contributed by atoms with Crippen molar-refractivity contribution >= 4 is 29.9 Å². The Morgan fingerprint density at radius 2 is 2.00 bits per heavy atom. The highest BCUT2D eigenvalue weighted by Crippen LogP contribution is 2.32. The number of ether oxygens (including phenoxy) is 3. The average Bonchev–Trinajstić information content (AvgIpc) is 2.66. The first-order chi connectivity index (χ1) is 12.7. The van der Waals surface area contributed by atoms with E-state index in [1.165, 1.54) is 0 Å². The Kier molecular flexibility index (Phi) is 8.15. The number of morpholine rings is 1. The van der Waals surface area contributed by atoms with Crippen LogP contribution in [0.2, 0.25) is 0 Å². The van der Waals surface area contributed by atoms with Gasteiger partial charge in [-0.25, -0.2) is 0 Å². The van der Waals surface area contributed by atoms with Crippen molar-refractivity contribution in [2.24, 2.45) is 0 Å². The van der Waals surface area contributed by atoms with Gasteiger partial charge < -0.3 is 29.7 Å². The summed E-state index contributed by atoms with van der Waals surface area (Å²) in [5.41, 5.74) is 0.616. The van der Waals surface area contributed by atoms with Gasteiger partial charge >= 0.3 is 0 Å². The second-order valence-electron chi connectivity index (χ2n) is 6.24. The maximum atomic E-state index is 12.4. The maximum absolute atomic E-state index is 12.4. The molecule has 1 unspecified atom stereocenters. The summed E-state index contributed by atoms with van der Waals surface area (Å²) in [6.07, 6.45) is 0.325. The van der Waals surface area contributed by atoms with E-state index < -0.39 is 0 Å². The topological polar surface area (TPSA) is 89.1 Å². The molecule has 0 saturated carbocycles. The van der Waals surface area contributed by atoms with E-state index in [0.717, 1.165) is 6.54 Å². The first kappa shape index (κ1) is 21.3. The third-order valence-electron chi connectivity index (χ3n) is 4.31. The van der Waals surface area contributed by atoms with E-state index in [2.05, 4.69) is 10.6 Å². The summed E-state index contributed by atoms with van der Waals surface area (Å²) in [7, 11) is 0. The van der Waals surface area contributed by atoms with Crippen LogP contribution in [0.25, 0.3) is 0 Å². The summed E-state index contributed by atoms with van der Waals surface area (Å²) in [5.74, 6) is 0.972. The van der Waals surface area contributed by atoms with Crippen LogP contribution in [0.1, 0.15) is 13.3 Å². The summed E-state index contributed by atoms with van der Waals surface area (Å²) in [5, 5.41) is 6.06. The van der Waals surface area contributed by atoms with Crippen LogP contribution in [0, 0.1) is 0 Å². The molecule has 2 amide bonds. The summed E-state index contributed by atoms with van der Waals surface area (Å²) in [6, 6.07) is 5.26. The molecule has 1 saturated heterocycles. The number of amides is 2. The molecule has 0 bridgehead atoms. The smallest absolute Gasteiger partial charge is 0.243 e. The van der Waals surface area contributed by atoms with Gasteiger partial charge in [-0.05, 0) is 19.1 Å². The van der Waals surface area contributed by atoms with Crippen molar-refractivity contribution < 1.29 is 23.8 Å². The second kappa shape index (κ2) is 10.3. The van der Waals surface area contributed by atoms with Gasteiger partial charge in [-0.3, -0.25) is 9.59 Å². The van der Waals surface area contributed by atoms with E-state index in [1.807, 2.05) is 6.92 Å². The molecule has 2 N–H and O–H groups in total. The lowest BCUT2D eigenvalue weighted by atomic mass is 10.2. The number of carbonyl (C=O) groups is 2. The Labute approximate surface area is 164 Å². The molecule has 1 aromatic rings. The van der Waals surface area contributed by atoms with Gasteiger partial charge in [0.05, 0.1) is 19.8 Å². The first-order valence-electron chi connectivity index (χ1n) is 8.94. The average molecular weight is 400 g/mol. The Hall–Kier alpha value is -2.03. The number of nitrogens with one attached hydrogen (secondary N) is 2. The molecule has 0 aliphatic carbocycles. The van der Waals surface area contributed by atoms with Crippen LogP contribution < -0.4 is 20.1 Å². The fraction of sp³-hybridized carbons (Fsp3) is 0.556. The number of anilines is 1. The summed E-state index contributed by atoms with van der Waals surface area (Å²) >= 11 is 0. The predicted molar refractivity (Wildman–Crippen MR) is 103 cm³/mol. The Morgan fingerprint density at radius 1 is 1.22 bits per heavy atom. The van der Waals surface area contributed by atoms with Crippen molar-refractivity contribution in [3.8, 4) is 11.5 Å². The van der Waals surface area contributed by atoms with Crippen LogP contribution in [-0.4, -0.2) is 68.8 Å². The predicted octanol–water partition coefficient (Wildman–Crippen LogP) is 1.05. The van der Waals surface area contributed by atoms with Crippen molar-refractivity contribution in [3.63, 3.8) is 0 Å². The van der Waals surface area contributed by atoms with Crippen molar-refractivity contribution in [2.45, 2.75) is 19.4 Å². The molecular weight excluding hydrogens is 374 g/mol. The highest BCUT2D eigenvalue weighted by atomic mass is 35.5. The number of likely N-dealkylation sites (N-methyl/N-ethyl adjacent to an activating group) is 1. The number of halogens is 1. The van der Waals surface area contributed by atoms with E-state index in [1.54, 1.807) is 23.1 Å². The molecule has 2 aliphatic heterocycles. The molecule has 150 valence electrons. The Morgan fingerprint density at radius 3 is 2.70 bits per heavy atom. The van der Waals surface area contributed by atoms with Gasteiger partial charge in [0, 0.05) is 37.3 Å². The summed E-state index contributed by atoms with van der Waals surface area (Å²) < 4.78 is 16.3. The van der Waals surface area contributed by atoms with Crippen molar-refractivity contribution in [1.82, 2.24) is 10.2 Å². The van der Waals surface area contributed by atoms with Crippen LogP contribution in [0.15, 0.2) is 18.2 Å². The monoisotopic (exact) mass is 399 g/mol. The summed E-state index contributed by atoms with van der Waals surface area (Å²) in [4.78, 5) is 26.3. The second-order valence-corrected chi connectivity index (χ2v) is 6.24. The Bertz CT molecular complexity index is 652. The summed E-state index contributed by atoms with van der Waals surface area (Å²) in [6.45, 7) is 5.29. The first-order valence-corrected chi connectivity index (χ1v) is 8.94. The number of nitrogens with zero attached hydrogens (tertiary/aromatic N) is 1. The highest BCUT2D eigenvalue weighted by molar-refractivity contribution is 5.94. The largest absolute Gasteiger partial charge is 0.486 e. The normalized spacial score (nSPS) is 18.2. The lowest BCUT2D eigenvalue weighted by Crippen LogP contribution is -2.46. The molecule has 9 heteroatoms. The van der Waals surface area contributed by atoms with Crippen molar-refractivity contribution in [1.29, 1.82) is 0 Å². The van der Waals surface area contributed by atoms with Gasteiger partial charge in [0.2, 0.25) is 11.8 Å². The van der Waals surface area contributed by atoms with Crippen LogP contribution in [0.5, 0.6) is 11.5 Å². The fourth-order valence-electron chi connectivity index (χ4n) is 2.96.